The predicted octanol–water partition coefficient (Wildman–Crippen LogP) is 5.37. The zero-order valence-electron chi connectivity index (χ0n) is 19.9. The van der Waals surface area contributed by atoms with Gasteiger partial charge in [-0.15, -0.1) is 0 Å². The lowest BCUT2D eigenvalue weighted by Gasteiger charge is -2.12. The average molecular weight is 479 g/mol. The van der Waals surface area contributed by atoms with Crippen molar-refractivity contribution in [3.05, 3.63) is 121 Å². The summed E-state index contributed by atoms with van der Waals surface area (Å²) in [5.74, 6) is 1.82. The number of hydrogen-bond acceptors (Lipinski definition) is 5. The molecule has 0 spiro atoms. The van der Waals surface area contributed by atoms with Gasteiger partial charge in [0, 0.05) is 16.7 Å². The van der Waals surface area contributed by atoms with Gasteiger partial charge in [0.15, 0.2) is 17.5 Å². The van der Waals surface area contributed by atoms with Crippen LogP contribution in [0.3, 0.4) is 0 Å². The fourth-order valence-corrected chi connectivity index (χ4v) is 4.46. The maximum absolute atomic E-state index is 9.82. The predicted molar refractivity (Wildman–Crippen MR) is 149 cm³/mol. The molecule has 0 bridgehead atoms. The van der Waals surface area contributed by atoms with E-state index in [4.69, 9.17) is 15.0 Å². The first-order valence-electron chi connectivity index (χ1n) is 12.0. The van der Waals surface area contributed by atoms with Crippen LogP contribution in [0.15, 0.2) is 121 Å². The van der Waals surface area contributed by atoms with Crippen LogP contribution in [0, 0.1) is 0 Å². The third-order valence-corrected chi connectivity index (χ3v) is 6.34. The summed E-state index contributed by atoms with van der Waals surface area (Å²) in [4.78, 5) is 14.4. The number of fused-ring (bicyclic) bond motifs is 1. The van der Waals surface area contributed by atoms with E-state index in [1.54, 1.807) is 6.07 Å². The molecule has 0 amide bonds. The summed E-state index contributed by atoms with van der Waals surface area (Å²) in [5, 5.41) is 21.6. The molecule has 0 fully saturated rings. The number of benzene rings is 5. The lowest BCUT2D eigenvalue weighted by atomic mass is 9.77. The first kappa shape index (κ1) is 22.8. The molecule has 5 nitrogen and oxygen atoms in total. The van der Waals surface area contributed by atoms with Gasteiger partial charge in [-0.05, 0) is 27.4 Å². The van der Waals surface area contributed by atoms with E-state index in [9.17, 15) is 10.0 Å². The average Bonchev–Trinajstić information content (AvgIpc) is 2.97. The van der Waals surface area contributed by atoms with Crippen molar-refractivity contribution in [3.63, 3.8) is 0 Å². The Labute approximate surface area is 214 Å². The summed E-state index contributed by atoms with van der Waals surface area (Å²) in [6.07, 6.45) is 0. The molecule has 0 atom stereocenters. The highest BCUT2D eigenvalue weighted by Crippen LogP contribution is 2.30. The molecule has 1 heterocycles. The van der Waals surface area contributed by atoms with Crippen LogP contribution in [0.5, 0.6) is 0 Å². The molecule has 0 saturated carbocycles. The SMILES string of the molecule is OB(O)c1cc(-c2ccc(-c3nc(-c4ccccc4)nc(-c4ccccc4)n3)cc2)c2ccccc2c1. The van der Waals surface area contributed by atoms with Gasteiger partial charge in [0.05, 0.1) is 0 Å². The minimum Gasteiger partial charge on any atom is -0.423 e. The highest BCUT2D eigenvalue weighted by atomic mass is 16.4. The van der Waals surface area contributed by atoms with E-state index in [2.05, 4.69) is 0 Å². The topological polar surface area (TPSA) is 79.1 Å². The number of rotatable bonds is 5. The van der Waals surface area contributed by atoms with Crippen LogP contribution in [0.25, 0.3) is 56.1 Å². The molecule has 0 aliphatic carbocycles. The van der Waals surface area contributed by atoms with E-state index in [1.165, 1.54) is 0 Å². The van der Waals surface area contributed by atoms with E-state index in [0.717, 1.165) is 38.6 Å². The van der Waals surface area contributed by atoms with Crippen LogP contribution in [0.1, 0.15) is 0 Å². The van der Waals surface area contributed by atoms with Crippen molar-refractivity contribution >= 4 is 23.4 Å². The van der Waals surface area contributed by atoms with Gasteiger partial charge in [0.25, 0.3) is 0 Å². The monoisotopic (exact) mass is 479 g/mol. The van der Waals surface area contributed by atoms with Crippen molar-refractivity contribution in [1.29, 1.82) is 0 Å². The third kappa shape index (κ3) is 4.63. The normalized spacial score (nSPS) is 11.0. The minimum absolute atomic E-state index is 0.454. The molecule has 176 valence electrons. The van der Waals surface area contributed by atoms with Gasteiger partial charge in [0.2, 0.25) is 0 Å². The minimum atomic E-state index is -1.54. The largest absolute Gasteiger partial charge is 0.488 e. The highest BCUT2D eigenvalue weighted by Gasteiger charge is 2.16. The van der Waals surface area contributed by atoms with E-state index in [-0.39, 0.29) is 0 Å². The molecule has 6 rings (SSSR count). The summed E-state index contributed by atoms with van der Waals surface area (Å²) in [7, 11) is -1.54. The van der Waals surface area contributed by atoms with Crippen LogP contribution < -0.4 is 5.46 Å². The Kier molecular flexibility index (Phi) is 6.02. The van der Waals surface area contributed by atoms with E-state index < -0.39 is 7.12 Å². The Morgan fingerprint density at radius 1 is 0.459 bits per heavy atom. The molecule has 0 aliphatic rings. The Hall–Kier alpha value is -4.65. The maximum Gasteiger partial charge on any atom is 0.488 e. The fourth-order valence-electron chi connectivity index (χ4n) is 4.46. The Morgan fingerprint density at radius 3 is 1.46 bits per heavy atom. The van der Waals surface area contributed by atoms with Crippen LogP contribution in [-0.2, 0) is 0 Å². The summed E-state index contributed by atoms with van der Waals surface area (Å²) >= 11 is 0. The van der Waals surface area contributed by atoms with Gasteiger partial charge < -0.3 is 10.0 Å². The van der Waals surface area contributed by atoms with E-state index >= 15 is 0 Å². The molecular weight excluding hydrogens is 457 g/mol. The molecule has 0 aliphatic heterocycles. The number of aromatic nitrogens is 3. The summed E-state index contributed by atoms with van der Waals surface area (Å²) in [5.41, 5.74) is 5.05. The zero-order chi connectivity index (χ0) is 25.2. The van der Waals surface area contributed by atoms with Crippen molar-refractivity contribution in [1.82, 2.24) is 15.0 Å². The first-order chi connectivity index (χ1) is 18.2. The number of nitrogens with zero attached hydrogens (tertiary/aromatic N) is 3. The van der Waals surface area contributed by atoms with Gasteiger partial charge in [-0.25, -0.2) is 15.0 Å². The third-order valence-electron chi connectivity index (χ3n) is 6.34. The standard InChI is InChI=1S/C31H22BN3O2/c36-32(37)26-19-25-13-7-8-14-27(25)28(20-26)21-15-17-24(18-16-21)31-34-29(22-9-3-1-4-10-22)33-30(35-31)23-11-5-2-6-12-23/h1-20,36-37H. The second-order valence-electron chi connectivity index (χ2n) is 8.78. The van der Waals surface area contributed by atoms with Gasteiger partial charge in [0.1, 0.15) is 0 Å². The smallest absolute Gasteiger partial charge is 0.423 e. The molecule has 6 aromatic rings. The van der Waals surface area contributed by atoms with Crippen molar-refractivity contribution < 1.29 is 10.0 Å². The summed E-state index contributed by atoms with van der Waals surface area (Å²) < 4.78 is 0. The van der Waals surface area contributed by atoms with E-state index in [0.29, 0.717) is 22.9 Å². The lowest BCUT2D eigenvalue weighted by molar-refractivity contribution is 0.426. The van der Waals surface area contributed by atoms with Gasteiger partial charge in [-0.2, -0.15) is 0 Å². The van der Waals surface area contributed by atoms with Crippen LogP contribution in [0.4, 0.5) is 0 Å². The maximum atomic E-state index is 9.82. The zero-order valence-corrected chi connectivity index (χ0v) is 19.9. The Morgan fingerprint density at radius 2 is 0.919 bits per heavy atom. The first-order valence-corrected chi connectivity index (χ1v) is 12.0. The molecule has 1 aromatic heterocycles. The second kappa shape index (κ2) is 9.78. The van der Waals surface area contributed by atoms with Gasteiger partial charge in [-0.1, -0.05) is 121 Å². The van der Waals surface area contributed by atoms with Crippen molar-refractivity contribution in [2.75, 3.05) is 0 Å². The Balaban J connectivity index is 1.46. The van der Waals surface area contributed by atoms with Crippen molar-refractivity contribution in [2.45, 2.75) is 0 Å². The van der Waals surface area contributed by atoms with Crippen molar-refractivity contribution in [2.24, 2.45) is 0 Å². The molecule has 2 N–H and O–H groups in total. The van der Waals surface area contributed by atoms with Crippen LogP contribution in [0.2, 0.25) is 0 Å². The van der Waals surface area contributed by atoms with Crippen LogP contribution >= 0.6 is 0 Å². The lowest BCUT2D eigenvalue weighted by Crippen LogP contribution is -2.29. The molecule has 0 radical (unpaired) electrons. The van der Waals surface area contributed by atoms with E-state index in [1.807, 2.05) is 115 Å². The molecule has 37 heavy (non-hydrogen) atoms. The molecule has 6 heteroatoms. The molecular formula is C31H22BN3O2. The van der Waals surface area contributed by atoms with Gasteiger partial charge in [-0.3, -0.25) is 0 Å². The molecule has 0 saturated heterocycles. The Bertz CT molecular complexity index is 1630. The van der Waals surface area contributed by atoms with Crippen molar-refractivity contribution in [3.8, 4) is 45.3 Å². The summed E-state index contributed by atoms with van der Waals surface area (Å²) in [6.45, 7) is 0. The molecule has 0 unspecified atom stereocenters. The second-order valence-corrected chi connectivity index (χ2v) is 8.78. The van der Waals surface area contributed by atoms with Gasteiger partial charge >= 0.3 is 7.12 Å². The quantitative estimate of drug-likeness (QED) is 0.325. The summed E-state index contributed by atoms with van der Waals surface area (Å²) in [6, 6.07) is 39.4. The number of hydrogen-bond donors (Lipinski definition) is 2. The fraction of sp³-hybridized carbons (Fsp3) is 0. The highest BCUT2D eigenvalue weighted by molar-refractivity contribution is 6.59. The molecule has 5 aromatic carbocycles. The van der Waals surface area contributed by atoms with Crippen LogP contribution in [-0.4, -0.2) is 32.1 Å².